The summed E-state index contributed by atoms with van der Waals surface area (Å²) in [4.78, 5) is 34.6. The predicted molar refractivity (Wildman–Crippen MR) is 116 cm³/mol. The van der Waals surface area contributed by atoms with E-state index in [1.54, 1.807) is 18.2 Å². The number of H-pyrrole nitrogens is 2. The van der Waals surface area contributed by atoms with E-state index < -0.39 is 11.5 Å². The molecule has 3 N–H and O–H groups in total. The van der Waals surface area contributed by atoms with Gasteiger partial charge in [-0.2, -0.15) is 0 Å². The Kier molecular flexibility index (Phi) is 6.06. The average Bonchev–Trinajstić information content (AvgIpc) is 3.11. The number of carbonyl (C=O) groups is 1. The number of fused-ring (bicyclic) bond motifs is 1. The Morgan fingerprint density at radius 1 is 1.37 bits per heavy atom. The SMILES string of the molecule is CCC(C)n1c(O)c(C=Nc2c(C(=O)OC)[nH]c3cccc(OC)c23)c(=O)[nH]c1=S. The van der Waals surface area contributed by atoms with Crippen LogP contribution in [0.2, 0.25) is 0 Å². The van der Waals surface area contributed by atoms with Crippen LogP contribution < -0.4 is 10.3 Å². The van der Waals surface area contributed by atoms with Gasteiger partial charge < -0.3 is 19.6 Å². The van der Waals surface area contributed by atoms with Gasteiger partial charge in [-0.15, -0.1) is 0 Å². The van der Waals surface area contributed by atoms with Gasteiger partial charge in [0.2, 0.25) is 5.88 Å². The van der Waals surface area contributed by atoms with Crippen molar-refractivity contribution in [3.8, 4) is 11.6 Å². The van der Waals surface area contributed by atoms with Gasteiger partial charge in [0, 0.05) is 12.3 Å². The lowest BCUT2D eigenvalue weighted by Gasteiger charge is -2.16. The number of aromatic nitrogens is 3. The number of methoxy groups -OCH3 is 2. The highest BCUT2D eigenvalue weighted by molar-refractivity contribution is 7.71. The highest BCUT2D eigenvalue weighted by atomic mass is 32.1. The third kappa shape index (κ3) is 3.61. The Bertz CT molecular complexity index is 1250. The fourth-order valence-corrected chi connectivity index (χ4v) is 3.50. The molecule has 0 fully saturated rings. The zero-order chi connectivity index (χ0) is 22.0. The van der Waals surface area contributed by atoms with Crippen molar-refractivity contribution in [2.75, 3.05) is 14.2 Å². The number of aromatic hydroxyl groups is 1. The normalized spacial score (nSPS) is 12.4. The largest absolute Gasteiger partial charge is 0.496 e. The quantitative estimate of drug-likeness (QED) is 0.312. The first-order valence-corrected chi connectivity index (χ1v) is 9.63. The van der Waals surface area contributed by atoms with Crippen LogP contribution in [0.5, 0.6) is 11.6 Å². The van der Waals surface area contributed by atoms with E-state index in [1.165, 1.54) is 25.0 Å². The summed E-state index contributed by atoms with van der Waals surface area (Å²) in [5.74, 6) is -0.442. The highest BCUT2D eigenvalue weighted by Crippen LogP contribution is 2.37. The first kappa shape index (κ1) is 21.3. The second-order valence-corrected chi connectivity index (χ2v) is 6.99. The molecule has 0 aliphatic carbocycles. The van der Waals surface area contributed by atoms with Gasteiger partial charge in [-0.3, -0.25) is 19.3 Å². The van der Waals surface area contributed by atoms with Gasteiger partial charge in [-0.05, 0) is 37.7 Å². The van der Waals surface area contributed by atoms with Crippen LogP contribution in [0.4, 0.5) is 5.69 Å². The summed E-state index contributed by atoms with van der Waals surface area (Å²) in [7, 11) is 2.76. The fourth-order valence-electron chi connectivity index (χ4n) is 3.14. The maximum absolute atomic E-state index is 12.4. The van der Waals surface area contributed by atoms with Crippen LogP contribution in [0.1, 0.15) is 42.4 Å². The molecule has 158 valence electrons. The molecule has 0 aliphatic heterocycles. The highest BCUT2D eigenvalue weighted by Gasteiger charge is 2.21. The molecule has 0 saturated carbocycles. The molecule has 2 heterocycles. The van der Waals surface area contributed by atoms with Crippen LogP contribution in [0.15, 0.2) is 28.0 Å². The van der Waals surface area contributed by atoms with Crippen molar-refractivity contribution in [1.29, 1.82) is 0 Å². The van der Waals surface area contributed by atoms with Crippen LogP contribution in [0.25, 0.3) is 10.9 Å². The number of benzene rings is 1. The van der Waals surface area contributed by atoms with Crippen molar-refractivity contribution in [2.45, 2.75) is 26.3 Å². The van der Waals surface area contributed by atoms with Gasteiger partial charge in [0.15, 0.2) is 10.5 Å². The molecule has 0 bridgehead atoms. The number of nitrogens with one attached hydrogen (secondary N) is 2. The Morgan fingerprint density at radius 3 is 2.73 bits per heavy atom. The fraction of sp³-hybridized carbons (Fsp3) is 0.300. The molecule has 1 atom stereocenters. The minimum Gasteiger partial charge on any atom is -0.496 e. The second kappa shape index (κ2) is 8.54. The van der Waals surface area contributed by atoms with E-state index in [-0.39, 0.29) is 33.6 Å². The molecule has 0 saturated heterocycles. The van der Waals surface area contributed by atoms with Crippen molar-refractivity contribution >= 4 is 41.0 Å². The number of hydrogen-bond donors (Lipinski definition) is 3. The molecule has 9 nitrogen and oxygen atoms in total. The van der Waals surface area contributed by atoms with E-state index in [4.69, 9.17) is 21.7 Å². The number of esters is 1. The Balaban J connectivity index is 2.26. The average molecular weight is 430 g/mol. The number of aliphatic imine (C=N–C) groups is 1. The Hall–Kier alpha value is -3.40. The summed E-state index contributed by atoms with van der Waals surface area (Å²) in [6.07, 6.45) is 1.89. The molecular formula is C20H22N4O5S. The number of hydrogen-bond acceptors (Lipinski definition) is 7. The number of aromatic amines is 2. The zero-order valence-electron chi connectivity index (χ0n) is 17.0. The number of ether oxygens (including phenoxy) is 2. The summed E-state index contributed by atoms with van der Waals surface area (Å²) in [6.45, 7) is 3.81. The minimum atomic E-state index is -0.630. The molecule has 3 aromatic rings. The van der Waals surface area contributed by atoms with Gasteiger partial charge in [-0.25, -0.2) is 4.79 Å². The molecule has 0 amide bonds. The maximum Gasteiger partial charge on any atom is 0.356 e. The monoisotopic (exact) mass is 430 g/mol. The lowest BCUT2D eigenvalue weighted by atomic mass is 10.2. The summed E-state index contributed by atoms with van der Waals surface area (Å²) in [5.41, 5.74) is 0.260. The van der Waals surface area contributed by atoms with Crippen molar-refractivity contribution in [3.05, 3.63) is 44.6 Å². The number of carbonyl (C=O) groups excluding carboxylic acids is 1. The van der Waals surface area contributed by atoms with E-state index in [1.807, 2.05) is 13.8 Å². The zero-order valence-corrected chi connectivity index (χ0v) is 17.8. The smallest absolute Gasteiger partial charge is 0.356 e. The topological polar surface area (TPSA) is 122 Å². The van der Waals surface area contributed by atoms with Crippen LogP contribution in [-0.2, 0) is 4.74 Å². The Labute approximate surface area is 177 Å². The molecule has 1 unspecified atom stereocenters. The molecular weight excluding hydrogens is 408 g/mol. The van der Waals surface area contributed by atoms with Gasteiger partial charge >= 0.3 is 5.97 Å². The van der Waals surface area contributed by atoms with Crippen molar-refractivity contribution in [3.63, 3.8) is 0 Å². The van der Waals surface area contributed by atoms with Gasteiger partial charge in [-0.1, -0.05) is 13.0 Å². The standard InChI is InChI=1S/C20H22N4O5S/c1-5-10(2)24-18(26)11(17(25)23-20(24)30)9-21-15-14-12(7-6-8-13(14)28-3)22-16(15)19(27)29-4/h6-10,22,26H,5H2,1-4H3,(H,23,25,30). The molecule has 0 spiro atoms. The van der Waals surface area contributed by atoms with Crippen LogP contribution in [0, 0.1) is 4.77 Å². The number of rotatable bonds is 6. The first-order valence-electron chi connectivity index (χ1n) is 9.22. The lowest BCUT2D eigenvalue weighted by Crippen LogP contribution is -2.20. The van der Waals surface area contributed by atoms with E-state index in [9.17, 15) is 14.7 Å². The number of nitrogens with zero attached hydrogens (tertiary/aromatic N) is 2. The first-order chi connectivity index (χ1) is 14.3. The van der Waals surface area contributed by atoms with Gasteiger partial charge in [0.25, 0.3) is 5.56 Å². The van der Waals surface area contributed by atoms with Crippen molar-refractivity contribution in [2.24, 2.45) is 4.99 Å². The van der Waals surface area contributed by atoms with Crippen LogP contribution >= 0.6 is 12.2 Å². The molecule has 0 radical (unpaired) electrons. The molecule has 1 aromatic carbocycles. The van der Waals surface area contributed by atoms with Crippen molar-refractivity contribution in [1.82, 2.24) is 14.5 Å². The summed E-state index contributed by atoms with van der Waals surface area (Å²) < 4.78 is 11.8. The van der Waals surface area contributed by atoms with Crippen molar-refractivity contribution < 1.29 is 19.4 Å². The molecule has 2 aromatic heterocycles. The predicted octanol–water partition coefficient (Wildman–Crippen LogP) is 3.61. The molecule has 30 heavy (non-hydrogen) atoms. The molecule has 3 rings (SSSR count). The third-order valence-corrected chi connectivity index (χ3v) is 5.18. The van der Waals surface area contributed by atoms with E-state index >= 15 is 0 Å². The van der Waals surface area contributed by atoms with Gasteiger partial charge in [0.1, 0.15) is 17.0 Å². The minimum absolute atomic E-state index is 0.0797. The summed E-state index contributed by atoms with van der Waals surface area (Å²) >= 11 is 5.18. The van der Waals surface area contributed by atoms with Crippen LogP contribution in [-0.4, -0.2) is 46.0 Å². The van der Waals surface area contributed by atoms with Gasteiger partial charge in [0.05, 0.1) is 25.1 Å². The second-order valence-electron chi connectivity index (χ2n) is 6.61. The van der Waals surface area contributed by atoms with E-state index in [0.29, 0.717) is 23.1 Å². The summed E-state index contributed by atoms with van der Waals surface area (Å²) in [5, 5.41) is 11.2. The third-order valence-electron chi connectivity index (χ3n) is 4.88. The summed E-state index contributed by atoms with van der Waals surface area (Å²) in [6, 6.07) is 5.11. The molecule has 10 heteroatoms. The molecule has 0 aliphatic rings. The Morgan fingerprint density at radius 2 is 2.10 bits per heavy atom. The maximum atomic E-state index is 12.4. The van der Waals surface area contributed by atoms with E-state index in [0.717, 1.165) is 0 Å². The lowest BCUT2D eigenvalue weighted by molar-refractivity contribution is 0.0596. The van der Waals surface area contributed by atoms with E-state index in [2.05, 4.69) is 15.0 Å². The van der Waals surface area contributed by atoms with Crippen LogP contribution in [0.3, 0.4) is 0 Å².